The molecule has 0 unspecified atom stereocenters. The Bertz CT molecular complexity index is 1430. The lowest BCUT2D eigenvalue weighted by Crippen LogP contribution is -2.44. The van der Waals surface area contributed by atoms with Crippen molar-refractivity contribution in [1.29, 1.82) is 0 Å². The smallest absolute Gasteiger partial charge is 0.237 e. The molecule has 210 valence electrons. The molecular weight excluding hydrogens is 518 g/mol. The second-order valence-electron chi connectivity index (χ2n) is 10.7. The van der Waals surface area contributed by atoms with Crippen molar-refractivity contribution in [2.24, 2.45) is 13.0 Å². The highest BCUT2D eigenvalue weighted by Crippen LogP contribution is 2.36. The quantitative estimate of drug-likeness (QED) is 0.228. The Morgan fingerprint density at radius 1 is 1.00 bits per heavy atom. The second-order valence-corrected chi connectivity index (χ2v) is 11.6. The molecule has 1 N–H and O–H groups in total. The van der Waals surface area contributed by atoms with Gasteiger partial charge in [0.25, 0.3) is 0 Å². The molecule has 0 aliphatic carbocycles. The molecule has 4 aromatic rings. The van der Waals surface area contributed by atoms with E-state index in [2.05, 4.69) is 89.9 Å². The number of hydrogen-bond donors (Lipinski definition) is 1. The molecule has 3 heterocycles. The molecule has 2 aromatic carbocycles. The van der Waals surface area contributed by atoms with E-state index in [0.29, 0.717) is 17.7 Å². The van der Waals surface area contributed by atoms with Crippen molar-refractivity contribution in [3.63, 3.8) is 0 Å². The molecule has 0 amide bonds. The number of aromatic nitrogens is 4. The van der Waals surface area contributed by atoms with Crippen molar-refractivity contribution < 1.29 is 4.74 Å². The monoisotopic (exact) mass is 557 g/mol. The highest BCUT2D eigenvalue weighted by atomic mass is 32.2. The van der Waals surface area contributed by atoms with E-state index in [1.807, 2.05) is 25.5 Å². The van der Waals surface area contributed by atoms with Crippen molar-refractivity contribution in [2.45, 2.75) is 38.5 Å². The van der Waals surface area contributed by atoms with Crippen LogP contribution < -0.4 is 14.4 Å². The van der Waals surface area contributed by atoms with Gasteiger partial charge in [0.2, 0.25) is 11.8 Å². The van der Waals surface area contributed by atoms with E-state index >= 15 is 0 Å². The number of nitrogens with one attached hydrogen (secondary N) is 1. The van der Waals surface area contributed by atoms with Crippen molar-refractivity contribution in [2.75, 3.05) is 42.8 Å². The van der Waals surface area contributed by atoms with E-state index in [1.165, 1.54) is 23.2 Å². The molecule has 5 rings (SSSR count). The van der Waals surface area contributed by atoms with Gasteiger partial charge in [-0.1, -0.05) is 51.1 Å². The predicted molar refractivity (Wildman–Crippen MR) is 164 cm³/mol. The van der Waals surface area contributed by atoms with E-state index in [0.717, 1.165) is 66.5 Å². The highest BCUT2D eigenvalue weighted by molar-refractivity contribution is 8.00. The number of benzene rings is 2. The Hall–Kier alpha value is -3.56. The van der Waals surface area contributed by atoms with Crippen LogP contribution in [0.3, 0.4) is 0 Å². The molecule has 40 heavy (non-hydrogen) atoms. The van der Waals surface area contributed by atoms with Crippen molar-refractivity contribution in [3.8, 4) is 22.9 Å². The lowest BCUT2D eigenvalue weighted by Gasteiger charge is -2.34. The Labute approximate surface area is 241 Å². The van der Waals surface area contributed by atoms with Crippen molar-refractivity contribution in [3.05, 3.63) is 72.1 Å². The average Bonchev–Trinajstić information content (AvgIpc) is 3.37. The molecular formula is C31H39N7OS. The summed E-state index contributed by atoms with van der Waals surface area (Å²) in [6, 6.07) is 16.9. The third kappa shape index (κ3) is 6.77. The van der Waals surface area contributed by atoms with Crippen LogP contribution in [0.25, 0.3) is 11.3 Å². The number of piperazine rings is 1. The van der Waals surface area contributed by atoms with Crippen LogP contribution in [0.4, 0.5) is 11.6 Å². The minimum absolute atomic E-state index is 0.505. The fourth-order valence-electron chi connectivity index (χ4n) is 4.98. The van der Waals surface area contributed by atoms with Gasteiger partial charge in [-0.25, -0.2) is 4.98 Å². The van der Waals surface area contributed by atoms with Crippen LogP contribution in [-0.2, 0) is 19.9 Å². The zero-order chi connectivity index (χ0) is 28.1. The second kappa shape index (κ2) is 12.7. The molecule has 1 aliphatic rings. The number of rotatable bonds is 10. The minimum Gasteiger partial charge on any atom is -0.438 e. The van der Waals surface area contributed by atoms with Gasteiger partial charge in [-0.2, -0.15) is 10.1 Å². The molecule has 0 radical (unpaired) electrons. The van der Waals surface area contributed by atoms with Crippen molar-refractivity contribution >= 4 is 23.6 Å². The summed E-state index contributed by atoms with van der Waals surface area (Å²) in [5.41, 5.74) is 5.48. The first-order valence-corrected chi connectivity index (χ1v) is 14.8. The summed E-state index contributed by atoms with van der Waals surface area (Å²) in [4.78, 5) is 15.7. The maximum absolute atomic E-state index is 6.58. The zero-order valence-corrected chi connectivity index (χ0v) is 24.9. The number of anilines is 2. The van der Waals surface area contributed by atoms with Gasteiger partial charge in [0.15, 0.2) is 0 Å². The molecule has 0 spiro atoms. The van der Waals surface area contributed by atoms with Crippen LogP contribution in [0.2, 0.25) is 0 Å². The van der Waals surface area contributed by atoms with Crippen LogP contribution in [-0.4, -0.2) is 57.9 Å². The summed E-state index contributed by atoms with van der Waals surface area (Å²) in [5.74, 6) is 2.39. The van der Waals surface area contributed by atoms with Crippen LogP contribution in [0.15, 0.2) is 65.8 Å². The third-order valence-electron chi connectivity index (χ3n) is 7.07. The fourth-order valence-corrected chi connectivity index (χ4v) is 5.59. The van der Waals surface area contributed by atoms with E-state index in [-0.39, 0.29) is 0 Å². The highest BCUT2D eigenvalue weighted by Gasteiger charge is 2.20. The summed E-state index contributed by atoms with van der Waals surface area (Å²) < 4.78 is 11.7. The standard InChI is InChI=1S/C31H39N7OS/c1-6-27-29(28-13-8-7-10-23(28)18-22(2)3)33-31(35-40-26-20-32-37(5)21-26)34-30(27)39-25-12-9-11-24(19-25)38-16-14-36(4)15-17-38/h7-13,19-22H,6,14-18H2,1-5H3,(H,33,34,35). The molecule has 0 saturated carbocycles. The molecule has 1 aliphatic heterocycles. The molecule has 0 atom stereocenters. The number of hydrogen-bond acceptors (Lipinski definition) is 8. The Morgan fingerprint density at radius 2 is 1.80 bits per heavy atom. The zero-order valence-electron chi connectivity index (χ0n) is 24.1. The summed E-state index contributed by atoms with van der Waals surface area (Å²) in [5, 5.41) is 4.27. The van der Waals surface area contributed by atoms with Gasteiger partial charge >= 0.3 is 0 Å². The van der Waals surface area contributed by atoms with E-state index < -0.39 is 0 Å². The number of likely N-dealkylation sites (N-methyl/N-ethyl adjacent to an activating group) is 1. The van der Waals surface area contributed by atoms with Crippen molar-refractivity contribution in [1.82, 2.24) is 24.6 Å². The Kier molecular flexibility index (Phi) is 8.91. The number of nitrogens with zero attached hydrogens (tertiary/aromatic N) is 6. The molecule has 2 aromatic heterocycles. The first kappa shape index (κ1) is 28.0. The molecule has 8 nitrogen and oxygen atoms in total. The van der Waals surface area contributed by atoms with Gasteiger partial charge in [0, 0.05) is 62.3 Å². The fraction of sp³-hybridized carbons (Fsp3) is 0.387. The Balaban J connectivity index is 1.52. The third-order valence-corrected chi connectivity index (χ3v) is 7.80. The van der Waals surface area contributed by atoms with Crippen LogP contribution in [0.1, 0.15) is 31.9 Å². The lowest BCUT2D eigenvalue weighted by molar-refractivity contribution is 0.312. The summed E-state index contributed by atoms with van der Waals surface area (Å²) >= 11 is 1.44. The molecule has 1 saturated heterocycles. The van der Waals surface area contributed by atoms with Gasteiger partial charge < -0.3 is 14.5 Å². The molecule has 9 heteroatoms. The maximum atomic E-state index is 6.58. The largest absolute Gasteiger partial charge is 0.438 e. The molecule has 0 bridgehead atoms. The number of aryl methyl sites for hydroxylation is 1. The normalized spacial score (nSPS) is 14.1. The first-order valence-electron chi connectivity index (χ1n) is 14.0. The van der Waals surface area contributed by atoms with Crippen LogP contribution >= 0.6 is 11.9 Å². The van der Waals surface area contributed by atoms with Crippen LogP contribution in [0.5, 0.6) is 11.6 Å². The van der Waals surface area contributed by atoms with E-state index in [1.54, 1.807) is 4.68 Å². The van der Waals surface area contributed by atoms with E-state index in [4.69, 9.17) is 14.7 Å². The van der Waals surface area contributed by atoms with Gasteiger partial charge in [0.05, 0.1) is 16.8 Å². The summed E-state index contributed by atoms with van der Waals surface area (Å²) in [7, 11) is 4.08. The van der Waals surface area contributed by atoms with E-state index in [9.17, 15) is 0 Å². The Morgan fingerprint density at radius 3 is 2.52 bits per heavy atom. The average molecular weight is 558 g/mol. The maximum Gasteiger partial charge on any atom is 0.237 e. The molecule has 1 fully saturated rings. The van der Waals surface area contributed by atoms with Gasteiger partial charge in [-0.3, -0.25) is 9.40 Å². The van der Waals surface area contributed by atoms with Gasteiger partial charge in [-0.05, 0) is 55.5 Å². The first-order chi connectivity index (χ1) is 19.4. The summed E-state index contributed by atoms with van der Waals surface area (Å²) in [6.45, 7) is 10.7. The SMILES string of the molecule is CCc1c(Oc2cccc(N3CCN(C)CC3)c2)nc(NSc2cnn(C)c2)nc1-c1ccccc1CC(C)C. The van der Waals surface area contributed by atoms with Gasteiger partial charge in [-0.15, -0.1) is 0 Å². The topological polar surface area (TPSA) is 71.3 Å². The predicted octanol–water partition coefficient (Wildman–Crippen LogP) is 6.30. The minimum atomic E-state index is 0.505. The van der Waals surface area contributed by atoms with Gasteiger partial charge in [0.1, 0.15) is 5.75 Å². The number of ether oxygens (including phenoxy) is 1. The van der Waals surface area contributed by atoms with Crippen LogP contribution in [0, 0.1) is 5.92 Å². The lowest BCUT2D eigenvalue weighted by atomic mass is 9.94. The summed E-state index contributed by atoms with van der Waals surface area (Å²) in [6.07, 6.45) is 5.49.